The number of fused-ring (bicyclic) bond motifs is 1. The molecule has 28 heavy (non-hydrogen) atoms. The van der Waals surface area contributed by atoms with Gasteiger partial charge in [-0.15, -0.1) is 0 Å². The fraction of sp³-hybridized carbons (Fsp3) is 0.500. The number of hydrogen-bond donors (Lipinski definition) is 2. The van der Waals surface area contributed by atoms with Crippen molar-refractivity contribution >= 4 is 17.5 Å². The van der Waals surface area contributed by atoms with Crippen LogP contribution < -0.4 is 10.6 Å². The number of anilines is 1. The fourth-order valence-electron chi connectivity index (χ4n) is 4.27. The summed E-state index contributed by atoms with van der Waals surface area (Å²) in [5.41, 5.74) is 4.15. The number of carbonyl (C=O) groups is 2. The molecular weight excluding hydrogens is 352 g/mol. The largest absolute Gasteiger partial charge is 0.347 e. The molecule has 4 rings (SSSR count). The van der Waals surface area contributed by atoms with Gasteiger partial charge in [-0.2, -0.15) is 0 Å². The third kappa shape index (κ3) is 3.68. The van der Waals surface area contributed by atoms with Crippen LogP contribution in [0, 0.1) is 13.8 Å². The van der Waals surface area contributed by atoms with Crippen LogP contribution in [0.5, 0.6) is 0 Å². The molecule has 0 saturated heterocycles. The minimum absolute atomic E-state index is 0.152. The van der Waals surface area contributed by atoms with Gasteiger partial charge in [-0.3, -0.25) is 9.59 Å². The number of amides is 2. The molecule has 0 bridgehead atoms. The lowest BCUT2D eigenvalue weighted by Crippen LogP contribution is -2.35. The highest BCUT2D eigenvalue weighted by Crippen LogP contribution is 2.24. The van der Waals surface area contributed by atoms with Crippen LogP contribution in [0.2, 0.25) is 0 Å². The van der Waals surface area contributed by atoms with Crippen LogP contribution >= 0.6 is 0 Å². The van der Waals surface area contributed by atoms with E-state index in [-0.39, 0.29) is 17.9 Å². The number of nitrogens with zero attached hydrogens (tertiary/aromatic N) is 2. The summed E-state index contributed by atoms with van der Waals surface area (Å²) in [5.74, 6) is -0.00665. The van der Waals surface area contributed by atoms with Gasteiger partial charge in [0.25, 0.3) is 11.8 Å². The molecule has 0 unspecified atom stereocenters. The molecule has 2 aliphatic rings. The predicted octanol–water partition coefficient (Wildman–Crippen LogP) is 3.76. The van der Waals surface area contributed by atoms with Crippen molar-refractivity contribution in [2.24, 2.45) is 0 Å². The van der Waals surface area contributed by atoms with Gasteiger partial charge in [-0.25, -0.2) is 4.98 Å². The lowest BCUT2D eigenvalue weighted by Gasteiger charge is -2.18. The lowest BCUT2D eigenvalue weighted by molar-refractivity contribution is 0.0921. The van der Waals surface area contributed by atoms with Crippen molar-refractivity contribution < 1.29 is 9.59 Å². The van der Waals surface area contributed by atoms with E-state index >= 15 is 0 Å². The quantitative estimate of drug-likeness (QED) is 0.848. The van der Waals surface area contributed by atoms with Crippen LogP contribution in [0.25, 0.3) is 0 Å². The van der Waals surface area contributed by atoms with Gasteiger partial charge in [0.15, 0.2) is 11.5 Å². The summed E-state index contributed by atoms with van der Waals surface area (Å²) in [7, 11) is 0. The molecular formula is C22H28N4O2. The Hall–Kier alpha value is -2.63. The first-order valence-electron chi connectivity index (χ1n) is 10.3. The minimum Gasteiger partial charge on any atom is -0.347 e. The van der Waals surface area contributed by atoms with Crippen molar-refractivity contribution in [3.8, 4) is 0 Å². The van der Waals surface area contributed by atoms with Crippen molar-refractivity contribution in [2.45, 2.75) is 71.4 Å². The van der Waals surface area contributed by atoms with E-state index in [0.717, 1.165) is 74.0 Å². The first-order valence-corrected chi connectivity index (χ1v) is 10.3. The number of rotatable bonds is 4. The second-order valence-electron chi connectivity index (χ2n) is 8.07. The smallest absolute Gasteiger partial charge is 0.287 e. The number of imidazole rings is 1. The van der Waals surface area contributed by atoms with E-state index in [1.54, 1.807) is 0 Å². The Morgan fingerprint density at radius 1 is 1.07 bits per heavy atom. The van der Waals surface area contributed by atoms with E-state index < -0.39 is 0 Å². The molecule has 6 heteroatoms. The molecule has 6 nitrogen and oxygen atoms in total. The number of nitrogens with one attached hydrogen (secondary N) is 2. The first-order chi connectivity index (χ1) is 13.5. The van der Waals surface area contributed by atoms with Crippen molar-refractivity contribution in [1.29, 1.82) is 0 Å². The maximum Gasteiger partial charge on any atom is 0.287 e. The van der Waals surface area contributed by atoms with Gasteiger partial charge in [0, 0.05) is 18.3 Å². The van der Waals surface area contributed by atoms with E-state index in [9.17, 15) is 9.59 Å². The number of hydrogen-bond acceptors (Lipinski definition) is 3. The molecule has 1 saturated carbocycles. The molecule has 0 atom stereocenters. The van der Waals surface area contributed by atoms with Gasteiger partial charge in [0.1, 0.15) is 0 Å². The molecule has 0 spiro atoms. The Morgan fingerprint density at radius 3 is 2.64 bits per heavy atom. The zero-order valence-electron chi connectivity index (χ0n) is 16.7. The zero-order chi connectivity index (χ0) is 19.7. The summed E-state index contributed by atoms with van der Waals surface area (Å²) in [6.45, 7) is 4.71. The SMILES string of the molecule is Cc1ccc(C)c(NC(=O)c2nc(C(=O)NC3CCCC3)n3c2CCCC3)c1. The molecule has 1 aliphatic heterocycles. The third-order valence-electron chi connectivity index (χ3n) is 5.87. The summed E-state index contributed by atoms with van der Waals surface area (Å²) in [5, 5.41) is 6.11. The number of aromatic nitrogens is 2. The standard InChI is InChI=1S/C22H28N4O2/c1-14-10-11-15(2)17(13-14)24-21(27)19-18-9-5-6-12-26(18)20(25-19)22(28)23-16-7-3-4-8-16/h10-11,13,16H,3-9,12H2,1-2H3,(H,23,28)(H,24,27). The van der Waals surface area contributed by atoms with E-state index in [1.807, 2.05) is 36.6 Å². The van der Waals surface area contributed by atoms with Gasteiger partial charge in [0.05, 0.1) is 5.69 Å². The highest BCUT2D eigenvalue weighted by molar-refractivity contribution is 6.05. The van der Waals surface area contributed by atoms with E-state index in [2.05, 4.69) is 15.6 Å². The second-order valence-corrected chi connectivity index (χ2v) is 8.07. The molecule has 1 fully saturated rings. The Morgan fingerprint density at radius 2 is 1.86 bits per heavy atom. The van der Waals surface area contributed by atoms with Gasteiger partial charge in [0.2, 0.25) is 0 Å². The Bertz CT molecular complexity index is 910. The predicted molar refractivity (Wildman–Crippen MR) is 109 cm³/mol. The Kier molecular flexibility index (Phi) is 5.20. The van der Waals surface area contributed by atoms with Gasteiger partial charge in [-0.1, -0.05) is 25.0 Å². The summed E-state index contributed by atoms with van der Waals surface area (Å²) >= 11 is 0. The third-order valence-corrected chi connectivity index (χ3v) is 5.87. The molecule has 1 aliphatic carbocycles. The van der Waals surface area contributed by atoms with Gasteiger partial charge >= 0.3 is 0 Å². The second kappa shape index (κ2) is 7.78. The average molecular weight is 380 g/mol. The summed E-state index contributed by atoms with van der Waals surface area (Å²) in [6, 6.07) is 6.21. The summed E-state index contributed by atoms with van der Waals surface area (Å²) in [6.07, 6.45) is 7.17. The van der Waals surface area contributed by atoms with E-state index in [0.29, 0.717) is 11.5 Å². The normalized spacial score (nSPS) is 16.6. The molecule has 1 aromatic heterocycles. The maximum atomic E-state index is 13.0. The van der Waals surface area contributed by atoms with Gasteiger partial charge < -0.3 is 15.2 Å². The minimum atomic E-state index is -0.237. The van der Waals surface area contributed by atoms with Crippen molar-refractivity contribution in [1.82, 2.24) is 14.9 Å². The number of carbonyl (C=O) groups excluding carboxylic acids is 2. The van der Waals surface area contributed by atoms with E-state index in [1.165, 1.54) is 0 Å². The fourth-order valence-corrected chi connectivity index (χ4v) is 4.27. The van der Waals surface area contributed by atoms with Crippen LogP contribution in [-0.2, 0) is 13.0 Å². The van der Waals surface area contributed by atoms with Crippen LogP contribution in [-0.4, -0.2) is 27.4 Å². The van der Waals surface area contributed by atoms with Crippen LogP contribution in [0.3, 0.4) is 0 Å². The molecule has 0 radical (unpaired) electrons. The highest BCUT2D eigenvalue weighted by Gasteiger charge is 2.29. The Labute approximate surface area is 165 Å². The molecule has 2 N–H and O–H groups in total. The van der Waals surface area contributed by atoms with Crippen molar-refractivity contribution in [3.63, 3.8) is 0 Å². The number of benzene rings is 1. The summed E-state index contributed by atoms with van der Waals surface area (Å²) in [4.78, 5) is 30.4. The molecule has 1 aromatic carbocycles. The topological polar surface area (TPSA) is 76.0 Å². The van der Waals surface area contributed by atoms with Crippen molar-refractivity contribution in [2.75, 3.05) is 5.32 Å². The number of aryl methyl sites for hydroxylation is 2. The average Bonchev–Trinajstić information content (AvgIpc) is 3.32. The first kappa shape index (κ1) is 18.7. The molecule has 2 heterocycles. The summed E-state index contributed by atoms with van der Waals surface area (Å²) < 4.78 is 1.95. The van der Waals surface area contributed by atoms with Crippen LogP contribution in [0.1, 0.15) is 76.5 Å². The van der Waals surface area contributed by atoms with Crippen LogP contribution in [0.4, 0.5) is 5.69 Å². The molecule has 2 aromatic rings. The van der Waals surface area contributed by atoms with Crippen LogP contribution in [0.15, 0.2) is 18.2 Å². The van der Waals surface area contributed by atoms with Crippen molar-refractivity contribution in [3.05, 3.63) is 46.5 Å². The Balaban J connectivity index is 1.61. The van der Waals surface area contributed by atoms with Gasteiger partial charge in [-0.05, 0) is 63.1 Å². The zero-order valence-corrected chi connectivity index (χ0v) is 16.7. The maximum absolute atomic E-state index is 13.0. The lowest BCUT2D eigenvalue weighted by atomic mass is 10.1. The highest BCUT2D eigenvalue weighted by atomic mass is 16.2. The molecule has 2 amide bonds. The molecule has 148 valence electrons. The monoisotopic (exact) mass is 380 g/mol. The van der Waals surface area contributed by atoms with E-state index in [4.69, 9.17) is 0 Å².